The molecule has 10 heteroatoms. The smallest absolute Gasteiger partial charge is 0.257 e. The molecular weight excluding hydrogens is 485 g/mol. The molecule has 3 aromatic rings. The van der Waals surface area contributed by atoms with E-state index >= 15 is 0 Å². The van der Waals surface area contributed by atoms with Crippen molar-refractivity contribution < 1.29 is 26.4 Å². The lowest BCUT2D eigenvalue weighted by molar-refractivity contribution is -0.111. The van der Waals surface area contributed by atoms with Crippen molar-refractivity contribution in [3.63, 3.8) is 0 Å². The van der Waals surface area contributed by atoms with Crippen LogP contribution in [-0.4, -0.2) is 36.9 Å². The molecule has 5 nitrogen and oxygen atoms in total. The van der Waals surface area contributed by atoms with Crippen molar-refractivity contribution in [1.82, 2.24) is 4.98 Å². The van der Waals surface area contributed by atoms with Crippen LogP contribution < -0.4 is 5.32 Å². The summed E-state index contributed by atoms with van der Waals surface area (Å²) in [6, 6.07) is 10.1. The fourth-order valence-corrected chi connectivity index (χ4v) is 6.70. The summed E-state index contributed by atoms with van der Waals surface area (Å²) in [6.07, 6.45) is -0.426. The standard InChI is InChI=1S/C24H21F3N2O3S2/c25-15-3-8-21-22(12-15)33-24(28-21)29-23(30)18(9-13-10-19(26)20(27)11-13)14-1-4-16(5-2-14)34(31,32)17-6-7-17/h1-5,8-9,12-13,17,19-20H,6-7,10-11H2,(H,28,29,30)/b18-9+. The van der Waals surface area contributed by atoms with E-state index in [4.69, 9.17) is 0 Å². The first-order valence-corrected chi connectivity index (χ1v) is 13.3. The summed E-state index contributed by atoms with van der Waals surface area (Å²) in [5, 5.41) is 2.58. The van der Waals surface area contributed by atoms with E-state index in [1.54, 1.807) is 6.08 Å². The molecule has 1 N–H and O–H groups in total. The molecule has 1 amide bonds. The van der Waals surface area contributed by atoms with Crippen molar-refractivity contribution in [3.05, 3.63) is 59.9 Å². The van der Waals surface area contributed by atoms with Crippen molar-refractivity contribution >= 4 is 48.0 Å². The number of benzene rings is 2. The largest absolute Gasteiger partial charge is 0.298 e. The molecule has 1 heterocycles. The van der Waals surface area contributed by atoms with Crippen molar-refractivity contribution in [3.8, 4) is 0 Å². The number of amides is 1. The van der Waals surface area contributed by atoms with Gasteiger partial charge in [0.25, 0.3) is 5.91 Å². The Morgan fingerprint density at radius 2 is 1.74 bits per heavy atom. The Labute approximate surface area is 198 Å². The third-order valence-electron chi connectivity index (χ3n) is 6.12. The normalized spacial score (nSPS) is 23.4. The number of carbonyl (C=O) groups is 1. The molecule has 0 saturated heterocycles. The van der Waals surface area contributed by atoms with Gasteiger partial charge in [-0.3, -0.25) is 10.1 Å². The van der Waals surface area contributed by atoms with Crippen molar-refractivity contribution in [1.29, 1.82) is 0 Å². The number of aromatic nitrogens is 1. The lowest BCUT2D eigenvalue weighted by atomic mass is 9.98. The van der Waals surface area contributed by atoms with Crippen LogP contribution in [0.4, 0.5) is 18.3 Å². The highest BCUT2D eigenvalue weighted by Crippen LogP contribution is 2.36. The van der Waals surface area contributed by atoms with Gasteiger partial charge in [-0.25, -0.2) is 26.6 Å². The summed E-state index contributed by atoms with van der Waals surface area (Å²) in [5.41, 5.74) is 1.13. The Morgan fingerprint density at radius 3 is 2.38 bits per heavy atom. The average molecular weight is 507 g/mol. The molecule has 34 heavy (non-hydrogen) atoms. The van der Waals surface area contributed by atoms with Gasteiger partial charge in [-0.2, -0.15) is 0 Å². The molecule has 0 bridgehead atoms. The van der Waals surface area contributed by atoms with Gasteiger partial charge in [-0.1, -0.05) is 29.5 Å². The molecule has 2 aliphatic carbocycles. The number of hydrogen-bond donors (Lipinski definition) is 1. The third-order valence-corrected chi connectivity index (χ3v) is 9.34. The minimum Gasteiger partial charge on any atom is -0.298 e. The minimum absolute atomic E-state index is 0.0352. The Hall–Kier alpha value is -2.72. The van der Waals surface area contributed by atoms with Gasteiger partial charge in [-0.15, -0.1) is 0 Å². The van der Waals surface area contributed by atoms with Crippen LogP contribution in [-0.2, 0) is 14.6 Å². The summed E-state index contributed by atoms with van der Waals surface area (Å²) in [7, 11) is -3.39. The number of rotatable bonds is 6. The lowest BCUT2D eigenvalue weighted by Crippen LogP contribution is -2.15. The Balaban J connectivity index is 1.45. The lowest BCUT2D eigenvalue weighted by Gasteiger charge is -2.12. The molecule has 0 aliphatic heterocycles. The summed E-state index contributed by atoms with van der Waals surface area (Å²) >= 11 is 1.10. The number of allylic oxidation sites excluding steroid dienone is 1. The van der Waals surface area contributed by atoms with Crippen molar-refractivity contribution in [2.75, 3.05) is 5.32 Å². The van der Waals surface area contributed by atoms with Crippen LogP contribution in [0.5, 0.6) is 0 Å². The van der Waals surface area contributed by atoms with E-state index in [-0.39, 0.29) is 33.7 Å². The maximum atomic E-state index is 13.8. The van der Waals surface area contributed by atoms with E-state index in [1.807, 2.05) is 0 Å². The zero-order valence-corrected chi connectivity index (χ0v) is 19.5. The zero-order chi connectivity index (χ0) is 24.0. The van der Waals surface area contributed by atoms with Gasteiger partial charge in [0.15, 0.2) is 15.0 Å². The average Bonchev–Trinajstić information content (AvgIpc) is 3.52. The van der Waals surface area contributed by atoms with Crippen LogP contribution in [0.1, 0.15) is 31.2 Å². The number of halogens is 3. The van der Waals surface area contributed by atoms with Gasteiger partial charge >= 0.3 is 0 Å². The van der Waals surface area contributed by atoms with Crippen molar-refractivity contribution in [2.24, 2.45) is 5.92 Å². The number of alkyl halides is 2. The number of fused-ring (bicyclic) bond motifs is 1. The quantitative estimate of drug-likeness (QED) is 0.449. The number of nitrogens with one attached hydrogen (secondary N) is 1. The maximum Gasteiger partial charge on any atom is 0.257 e. The molecule has 2 saturated carbocycles. The molecule has 2 aliphatic rings. The first kappa shape index (κ1) is 23.0. The Bertz CT molecular complexity index is 1370. The number of hydrogen-bond acceptors (Lipinski definition) is 5. The van der Waals surface area contributed by atoms with Gasteiger partial charge in [0.05, 0.1) is 20.4 Å². The van der Waals surface area contributed by atoms with Crippen LogP contribution >= 0.6 is 11.3 Å². The second-order valence-electron chi connectivity index (χ2n) is 8.70. The Kier molecular flexibility index (Phi) is 5.97. The van der Waals surface area contributed by atoms with Gasteiger partial charge in [-0.05, 0) is 67.5 Å². The highest BCUT2D eigenvalue weighted by molar-refractivity contribution is 7.92. The topological polar surface area (TPSA) is 76.1 Å². The number of thiazole rings is 1. The minimum atomic E-state index is -3.39. The zero-order valence-electron chi connectivity index (χ0n) is 17.9. The monoisotopic (exact) mass is 506 g/mol. The SMILES string of the molecule is O=C(Nc1nc2ccc(F)cc2s1)/C(=C/C1CC(F)C(F)C1)c1ccc(S(=O)(=O)C2CC2)cc1. The fourth-order valence-electron chi connectivity index (χ4n) is 4.16. The summed E-state index contributed by atoms with van der Waals surface area (Å²) in [4.78, 5) is 17.7. The third kappa shape index (κ3) is 4.61. The predicted molar refractivity (Wildman–Crippen MR) is 125 cm³/mol. The molecule has 5 rings (SSSR count). The van der Waals surface area contributed by atoms with Gasteiger partial charge in [0, 0.05) is 5.57 Å². The summed E-state index contributed by atoms with van der Waals surface area (Å²) in [5.74, 6) is -1.45. The number of anilines is 1. The van der Waals surface area contributed by atoms with Gasteiger partial charge < -0.3 is 0 Å². The highest BCUT2D eigenvalue weighted by atomic mass is 32.2. The molecule has 2 fully saturated rings. The van der Waals surface area contributed by atoms with Crippen LogP contribution in [0.25, 0.3) is 15.8 Å². The van der Waals surface area contributed by atoms with E-state index in [0.717, 1.165) is 11.3 Å². The fraction of sp³-hybridized carbons (Fsp3) is 0.333. The van der Waals surface area contributed by atoms with Gasteiger partial charge in [0.1, 0.15) is 18.2 Å². The maximum absolute atomic E-state index is 13.8. The summed E-state index contributed by atoms with van der Waals surface area (Å²) in [6.45, 7) is 0. The van der Waals surface area contributed by atoms with Crippen LogP contribution in [0, 0.1) is 11.7 Å². The van der Waals surface area contributed by atoms with E-state index in [9.17, 15) is 26.4 Å². The first-order valence-electron chi connectivity index (χ1n) is 10.9. The molecule has 2 atom stereocenters. The van der Waals surface area contributed by atoms with E-state index < -0.39 is 39.8 Å². The molecular formula is C24H21F3N2O3S2. The summed E-state index contributed by atoms with van der Waals surface area (Å²) < 4.78 is 66.6. The molecule has 0 radical (unpaired) electrons. The first-order chi connectivity index (χ1) is 16.2. The van der Waals surface area contributed by atoms with Gasteiger partial charge in [0.2, 0.25) is 0 Å². The molecule has 2 aromatic carbocycles. The van der Waals surface area contributed by atoms with Crippen LogP contribution in [0.2, 0.25) is 0 Å². The molecule has 178 valence electrons. The van der Waals surface area contributed by atoms with E-state index in [2.05, 4.69) is 10.3 Å². The second-order valence-corrected chi connectivity index (χ2v) is 12.0. The molecule has 2 unspecified atom stereocenters. The molecule has 1 aromatic heterocycles. The van der Waals surface area contributed by atoms with E-state index in [1.165, 1.54) is 42.5 Å². The molecule has 0 spiro atoms. The predicted octanol–water partition coefficient (Wildman–Crippen LogP) is 5.48. The second kappa shape index (κ2) is 8.81. The number of carbonyl (C=O) groups excluding carboxylic acids is 1. The number of sulfone groups is 1. The Morgan fingerprint density at radius 1 is 1.06 bits per heavy atom. The van der Waals surface area contributed by atoms with Crippen LogP contribution in [0.3, 0.4) is 0 Å². The van der Waals surface area contributed by atoms with Crippen molar-refractivity contribution in [2.45, 2.75) is 48.2 Å². The highest BCUT2D eigenvalue weighted by Gasteiger charge is 2.37. The van der Waals surface area contributed by atoms with E-state index in [0.29, 0.717) is 28.6 Å². The van der Waals surface area contributed by atoms with Crippen LogP contribution in [0.15, 0.2) is 53.4 Å². The number of nitrogens with zero attached hydrogens (tertiary/aromatic N) is 1.